The van der Waals surface area contributed by atoms with Gasteiger partial charge in [-0.25, -0.2) is 9.78 Å². The van der Waals surface area contributed by atoms with Gasteiger partial charge in [-0.3, -0.25) is 9.78 Å². The van der Waals surface area contributed by atoms with Crippen molar-refractivity contribution >= 4 is 11.9 Å². The van der Waals surface area contributed by atoms with Crippen molar-refractivity contribution < 1.29 is 14.3 Å². The van der Waals surface area contributed by atoms with Gasteiger partial charge < -0.3 is 9.64 Å². The van der Waals surface area contributed by atoms with E-state index in [4.69, 9.17) is 4.74 Å². The highest BCUT2D eigenvalue weighted by Gasteiger charge is 2.33. The van der Waals surface area contributed by atoms with Gasteiger partial charge in [-0.1, -0.05) is 0 Å². The van der Waals surface area contributed by atoms with Crippen molar-refractivity contribution in [1.29, 1.82) is 0 Å². The fourth-order valence-electron chi connectivity index (χ4n) is 2.21. The monoisotopic (exact) mass is 263 g/mol. The van der Waals surface area contributed by atoms with Gasteiger partial charge in [0, 0.05) is 12.7 Å². The summed E-state index contributed by atoms with van der Waals surface area (Å²) in [5.74, 6) is -0.629. The largest absolute Gasteiger partial charge is 0.467 e. The van der Waals surface area contributed by atoms with Crippen molar-refractivity contribution in [1.82, 2.24) is 14.9 Å². The Labute approximate surface area is 111 Å². The molecule has 1 amide bonds. The van der Waals surface area contributed by atoms with Crippen LogP contribution in [0.2, 0.25) is 0 Å². The third-order valence-corrected chi connectivity index (χ3v) is 3.24. The second kappa shape index (κ2) is 5.77. The standard InChI is InChI=1S/C13H17N3O3/c1-9-7-15-10(8-14-9)12(17)16-6-4-3-5-11(16)13(18)19-2/h7-8,11H,3-6H2,1-2H3/t11-/m1/s1. The number of rotatable bonds is 2. The van der Waals surface area contributed by atoms with Crippen LogP contribution in [-0.4, -0.2) is 46.4 Å². The van der Waals surface area contributed by atoms with E-state index >= 15 is 0 Å². The first kappa shape index (κ1) is 13.5. The third-order valence-electron chi connectivity index (χ3n) is 3.24. The Morgan fingerprint density at radius 3 is 2.74 bits per heavy atom. The highest BCUT2D eigenvalue weighted by molar-refractivity contribution is 5.95. The molecule has 0 bridgehead atoms. The number of hydrogen-bond donors (Lipinski definition) is 0. The molecule has 1 aromatic heterocycles. The molecule has 19 heavy (non-hydrogen) atoms. The summed E-state index contributed by atoms with van der Waals surface area (Å²) in [7, 11) is 1.34. The molecule has 0 aromatic carbocycles. The molecule has 1 fully saturated rings. The summed E-state index contributed by atoms with van der Waals surface area (Å²) < 4.78 is 4.76. The fourth-order valence-corrected chi connectivity index (χ4v) is 2.21. The van der Waals surface area contributed by atoms with E-state index in [1.165, 1.54) is 18.2 Å². The summed E-state index contributed by atoms with van der Waals surface area (Å²) in [5, 5.41) is 0. The molecule has 0 saturated carbocycles. The van der Waals surface area contributed by atoms with Crippen molar-refractivity contribution in [2.45, 2.75) is 32.2 Å². The van der Waals surface area contributed by atoms with Crippen LogP contribution in [0.25, 0.3) is 0 Å². The highest BCUT2D eigenvalue weighted by Crippen LogP contribution is 2.20. The number of carbonyl (C=O) groups excluding carboxylic acids is 2. The molecule has 6 nitrogen and oxygen atoms in total. The molecule has 0 unspecified atom stereocenters. The second-order valence-electron chi connectivity index (χ2n) is 4.58. The normalized spacial score (nSPS) is 19.1. The minimum atomic E-state index is -0.505. The minimum absolute atomic E-state index is 0.261. The van der Waals surface area contributed by atoms with Crippen molar-refractivity contribution in [3.05, 3.63) is 23.8 Å². The Kier molecular flexibility index (Phi) is 4.09. The van der Waals surface area contributed by atoms with Crippen LogP contribution in [0.5, 0.6) is 0 Å². The molecule has 1 atom stereocenters. The van der Waals surface area contributed by atoms with Gasteiger partial charge >= 0.3 is 5.97 Å². The van der Waals surface area contributed by atoms with Gasteiger partial charge in [-0.05, 0) is 26.2 Å². The summed E-state index contributed by atoms with van der Waals surface area (Å²) in [6, 6.07) is -0.505. The number of esters is 1. The summed E-state index contributed by atoms with van der Waals surface area (Å²) in [5.41, 5.74) is 1.01. The molecule has 6 heteroatoms. The number of ether oxygens (including phenoxy) is 1. The number of aryl methyl sites for hydroxylation is 1. The number of aromatic nitrogens is 2. The van der Waals surface area contributed by atoms with Gasteiger partial charge in [-0.2, -0.15) is 0 Å². The lowest BCUT2D eigenvalue weighted by Gasteiger charge is -2.33. The van der Waals surface area contributed by atoms with Crippen molar-refractivity contribution in [3.8, 4) is 0 Å². The van der Waals surface area contributed by atoms with Crippen molar-refractivity contribution in [3.63, 3.8) is 0 Å². The number of carbonyl (C=O) groups is 2. The summed E-state index contributed by atoms with van der Waals surface area (Å²) in [6.07, 6.45) is 5.43. The molecular formula is C13H17N3O3. The van der Waals surface area contributed by atoms with Crippen LogP contribution < -0.4 is 0 Å². The zero-order valence-electron chi connectivity index (χ0n) is 11.1. The van der Waals surface area contributed by atoms with E-state index in [1.54, 1.807) is 13.1 Å². The highest BCUT2D eigenvalue weighted by atomic mass is 16.5. The Morgan fingerprint density at radius 1 is 1.32 bits per heavy atom. The van der Waals surface area contributed by atoms with Gasteiger partial charge in [-0.15, -0.1) is 0 Å². The first-order chi connectivity index (χ1) is 9.13. The van der Waals surface area contributed by atoms with Gasteiger partial charge in [0.05, 0.1) is 19.0 Å². The maximum atomic E-state index is 12.4. The minimum Gasteiger partial charge on any atom is -0.467 e. The van der Waals surface area contributed by atoms with Crippen LogP contribution in [0.3, 0.4) is 0 Å². The van der Waals surface area contributed by atoms with Crippen LogP contribution in [0.1, 0.15) is 35.4 Å². The van der Waals surface area contributed by atoms with E-state index in [2.05, 4.69) is 9.97 Å². The maximum Gasteiger partial charge on any atom is 0.328 e. The molecule has 102 valence electrons. The van der Waals surface area contributed by atoms with Crippen LogP contribution >= 0.6 is 0 Å². The number of methoxy groups -OCH3 is 1. The fraction of sp³-hybridized carbons (Fsp3) is 0.538. The molecule has 0 radical (unpaired) electrons. The maximum absolute atomic E-state index is 12.4. The molecule has 2 heterocycles. The molecule has 1 aliphatic rings. The van der Waals surface area contributed by atoms with Gasteiger partial charge in [0.25, 0.3) is 5.91 Å². The number of nitrogens with zero attached hydrogens (tertiary/aromatic N) is 3. The van der Waals surface area contributed by atoms with Crippen molar-refractivity contribution in [2.24, 2.45) is 0 Å². The molecule has 2 rings (SSSR count). The smallest absolute Gasteiger partial charge is 0.328 e. The Morgan fingerprint density at radius 2 is 2.11 bits per heavy atom. The number of hydrogen-bond acceptors (Lipinski definition) is 5. The average molecular weight is 263 g/mol. The summed E-state index contributed by atoms with van der Waals surface area (Å²) in [4.78, 5) is 33.7. The quantitative estimate of drug-likeness (QED) is 0.743. The first-order valence-corrected chi connectivity index (χ1v) is 6.31. The van der Waals surface area contributed by atoms with E-state index in [-0.39, 0.29) is 17.6 Å². The summed E-state index contributed by atoms with van der Waals surface area (Å²) >= 11 is 0. The lowest BCUT2D eigenvalue weighted by molar-refractivity contribution is -0.147. The van der Waals surface area contributed by atoms with E-state index < -0.39 is 6.04 Å². The molecule has 0 spiro atoms. The molecule has 0 aliphatic carbocycles. The molecule has 1 aromatic rings. The topological polar surface area (TPSA) is 72.4 Å². The Hall–Kier alpha value is -1.98. The lowest BCUT2D eigenvalue weighted by atomic mass is 10.0. The van der Waals surface area contributed by atoms with E-state index in [9.17, 15) is 9.59 Å². The van der Waals surface area contributed by atoms with Crippen LogP contribution in [0.4, 0.5) is 0 Å². The van der Waals surface area contributed by atoms with Crippen LogP contribution in [0, 0.1) is 6.92 Å². The molecule has 1 aliphatic heterocycles. The van der Waals surface area contributed by atoms with Crippen LogP contribution in [0.15, 0.2) is 12.4 Å². The lowest BCUT2D eigenvalue weighted by Crippen LogP contribution is -2.48. The van der Waals surface area contributed by atoms with Crippen molar-refractivity contribution in [2.75, 3.05) is 13.7 Å². The first-order valence-electron chi connectivity index (χ1n) is 6.31. The van der Waals surface area contributed by atoms with E-state index in [0.717, 1.165) is 18.5 Å². The average Bonchev–Trinajstić information content (AvgIpc) is 2.46. The second-order valence-corrected chi connectivity index (χ2v) is 4.58. The van der Waals surface area contributed by atoms with Gasteiger partial charge in [0.2, 0.25) is 0 Å². The molecule has 0 N–H and O–H groups in total. The third kappa shape index (κ3) is 2.89. The number of amides is 1. The summed E-state index contributed by atoms with van der Waals surface area (Å²) in [6.45, 7) is 2.35. The van der Waals surface area contributed by atoms with Gasteiger partial charge in [0.15, 0.2) is 0 Å². The van der Waals surface area contributed by atoms with Gasteiger partial charge in [0.1, 0.15) is 11.7 Å². The number of piperidine rings is 1. The Balaban J connectivity index is 2.20. The predicted octanol–water partition coefficient (Wildman–Crippen LogP) is 0.953. The molecular weight excluding hydrogens is 246 g/mol. The SMILES string of the molecule is COC(=O)[C@H]1CCCCN1C(=O)c1cnc(C)cn1. The Bertz CT molecular complexity index is 473. The predicted molar refractivity (Wildman–Crippen MR) is 67.5 cm³/mol. The zero-order valence-corrected chi connectivity index (χ0v) is 11.1. The van der Waals surface area contributed by atoms with E-state index in [0.29, 0.717) is 13.0 Å². The van der Waals surface area contributed by atoms with E-state index in [1.807, 2.05) is 0 Å². The molecule has 1 saturated heterocycles. The number of likely N-dealkylation sites (tertiary alicyclic amines) is 1. The zero-order chi connectivity index (χ0) is 13.8. The van der Waals surface area contributed by atoms with Crippen LogP contribution in [-0.2, 0) is 9.53 Å².